The molecule has 280 valence electrons. The fourth-order valence-corrected chi connectivity index (χ4v) is 8.18. The number of thiazole rings is 1. The smallest absolute Gasteiger partial charge is 0.410 e. The lowest BCUT2D eigenvalue weighted by Gasteiger charge is -2.46. The quantitative estimate of drug-likeness (QED) is 0.365. The Morgan fingerprint density at radius 2 is 1.63 bits per heavy atom. The number of benzene rings is 1. The molecular formula is C38H56N6O6S. The Morgan fingerprint density at radius 3 is 2.20 bits per heavy atom. The van der Waals surface area contributed by atoms with E-state index < -0.39 is 29.2 Å². The van der Waals surface area contributed by atoms with Gasteiger partial charge in [-0.15, -0.1) is 11.3 Å². The number of nitrogens with zero attached hydrogens (tertiary/aromatic N) is 4. The van der Waals surface area contributed by atoms with Crippen molar-refractivity contribution in [2.45, 2.75) is 111 Å². The Morgan fingerprint density at radius 1 is 1.00 bits per heavy atom. The standard InChI is InChI=1S/C38H56N6O6S/c1-25-31(51-24-40-25)27-10-8-26(9-11-27)21-39-33(47)29-20-28(45)22-44(29)34(48)32(36(2,3)4)41-30(46)23-42-16-12-38(13-17-42)14-18-43(19-15-38)35(49)50-37(5,6)7/h8-11,24,28-29,32,45H,12-23H2,1-7H3,(H,39,47)(H,41,46)/t28-,29+,32-/m1/s1. The first-order chi connectivity index (χ1) is 23.9. The minimum Gasteiger partial charge on any atom is -0.444 e. The van der Waals surface area contributed by atoms with Crippen molar-refractivity contribution >= 4 is 35.2 Å². The second-order valence-corrected chi connectivity index (χ2v) is 17.5. The number of aliphatic hydroxyl groups excluding tert-OH is 1. The maximum atomic E-state index is 14.1. The molecular weight excluding hydrogens is 669 g/mol. The first-order valence-electron chi connectivity index (χ1n) is 18.2. The van der Waals surface area contributed by atoms with Crippen LogP contribution in [-0.4, -0.2) is 112 Å². The van der Waals surface area contributed by atoms with E-state index in [1.165, 1.54) is 4.90 Å². The van der Waals surface area contributed by atoms with E-state index in [-0.39, 0.29) is 55.3 Å². The summed E-state index contributed by atoms with van der Waals surface area (Å²) >= 11 is 1.58. The van der Waals surface area contributed by atoms with Gasteiger partial charge in [0.2, 0.25) is 17.7 Å². The van der Waals surface area contributed by atoms with E-state index in [0.717, 1.165) is 60.5 Å². The van der Waals surface area contributed by atoms with Crippen molar-refractivity contribution in [3.05, 3.63) is 41.0 Å². The van der Waals surface area contributed by atoms with Gasteiger partial charge in [0, 0.05) is 32.6 Å². The van der Waals surface area contributed by atoms with Gasteiger partial charge in [-0.1, -0.05) is 45.0 Å². The summed E-state index contributed by atoms with van der Waals surface area (Å²) in [5.74, 6) is -0.941. The zero-order chi connectivity index (χ0) is 37.1. The van der Waals surface area contributed by atoms with Gasteiger partial charge in [0.25, 0.3) is 0 Å². The number of ether oxygens (including phenoxy) is 1. The molecule has 3 aliphatic heterocycles. The van der Waals surface area contributed by atoms with Crippen LogP contribution in [0.5, 0.6) is 0 Å². The Bertz CT molecular complexity index is 1550. The van der Waals surface area contributed by atoms with Gasteiger partial charge in [-0.3, -0.25) is 19.3 Å². The minimum absolute atomic E-state index is 0.0296. The van der Waals surface area contributed by atoms with Crippen LogP contribution in [0.3, 0.4) is 0 Å². The SMILES string of the molecule is Cc1ncsc1-c1ccc(CNC(=O)[C@@H]2C[C@@H](O)CN2C(=O)[C@@H](NC(=O)CN2CCC3(CC2)CCN(C(=O)OC(C)(C)C)CC3)C(C)(C)C)cc1. The molecule has 3 aliphatic rings. The Labute approximate surface area is 306 Å². The van der Waals surface area contributed by atoms with Gasteiger partial charge >= 0.3 is 6.09 Å². The summed E-state index contributed by atoms with van der Waals surface area (Å²) < 4.78 is 5.56. The number of piperidine rings is 2. The van der Waals surface area contributed by atoms with Crippen LogP contribution in [0.15, 0.2) is 29.8 Å². The lowest BCUT2D eigenvalue weighted by atomic mass is 9.71. The molecule has 2 aromatic rings. The van der Waals surface area contributed by atoms with Crippen molar-refractivity contribution in [1.82, 2.24) is 30.3 Å². The molecule has 3 fully saturated rings. The van der Waals surface area contributed by atoms with E-state index >= 15 is 0 Å². The van der Waals surface area contributed by atoms with E-state index in [2.05, 4.69) is 20.5 Å². The summed E-state index contributed by atoms with van der Waals surface area (Å²) in [4.78, 5) is 64.2. The van der Waals surface area contributed by atoms with Crippen molar-refractivity contribution in [3.63, 3.8) is 0 Å². The average molecular weight is 725 g/mol. The summed E-state index contributed by atoms with van der Waals surface area (Å²) in [6, 6.07) is 6.23. The van der Waals surface area contributed by atoms with E-state index in [4.69, 9.17) is 4.74 Å². The van der Waals surface area contributed by atoms with Crippen molar-refractivity contribution in [2.24, 2.45) is 10.8 Å². The summed E-state index contributed by atoms with van der Waals surface area (Å²) in [5.41, 5.74) is 3.79. The number of aliphatic hydroxyl groups is 1. The van der Waals surface area contributed by atoms with E-state index in [1.807, 2.05) is 78.2 Å². The number of carbonyl (C=O) groups is 4. The van der Waals surface area contributed by atoms with Crippen LogP contribution in [0.2, 0.25) is 0 Å². The van der Waals surface area contributed by atoms with Crippen LogP contribution < -0.4 is 10.6 Å². The van der Waals surface area contributed by atoms with Crippen LogP contribution >= 0.6 is 11.3 Å². The molecule has 0 aliphatic carbocycles. The summed E-state index contributed by atoms with van der Waals surface area (Å²) in [6.07, 6.45) is 2.78. The molecule has 3 atom stereocenters. The highest BCUT2D eigenvalue weighted by atomic mass is 32.1. The van der Waals surface area contributed by atoms with Crippen LogP contribution in [0.1, 0.15) is 84.9 Å². The maximum absolute atomic E-state index is 14.1. The molecule has 51 heavy (non-hydrogen) atoms. The number of nitrogens with one attached hydrogen (secondary N) is 2. The molecule has 0 radical (unpaired) electrons. The lowest BCUT2D eigenvalue weighted by Crippen LogP contribution is -2.59. The third kappa shape index (κ3) is 9.87. The third-order valence-corrected chi connectivity index (χ3v) is 11.4. The second kappa shape index (κ2) is 15.6. The van der Waals surface area contributed by atoms with Crippen LogP contribution in [-0.2, 0) is 25.7 Å². The number of aryl methyl sites for hydroxylation is 1. The van der Waals surface area contributed by atoms with Gasteiger partial charge in [-0.25, -0.2) is 9.78 Å². The Balaban J connectivity index is 1.12. The monoisotopic (exact) mass is 724 g/mol. The molecule has 13 heteroatoms. The highest BCUT2D eigenvalue weighted by Gasteiger charge is 2.45. The van der Waals surface area contributed by atoms with Gasteiger partial charge in [-0.2, -0.15) is 0 Å². The molecule has 0 saturated carbocycles. The largest absolute Gasteiger partial charge is 0.444 e. The number of amides is 4. The number of rotatable bonds is 8. The van der Waals surface area contributed by atoms with E-state index in [9.17, 15) is 24.3 Å². The topological polar surface area (TPSA) is 144 Å². The molecule has 3 saturated heterocycles. The Hall–Kier alpha value is -3.55. The zero-order valence-corrected chi connectivity index (χ0v) is 32.1. The Kier molecular flexibility index (Phi) is 11.8. The summed E-state index contributed by atoms with van der Waals surface area (Å²) in [6.45, 7) is 16.7. The fraction of sp³-hybridized carbons (Fsp3) is 0.658. The first kappa shape index (κ1) is 38.7. The molecule has 1 aromatic heterocycles. The van der Waals surface area contributed by atoms with Crippen molar-refractivity contribution < 1.29 is 29.0 Å². The van der Waals surface area contributed by atoms with Crippen molar-refractivity contribution in [1.29, 1.82) is 0 Å². The molecule has 0 unspecified atom stereocenters. The normalized spacial score (nSPS) is 21.7. The number of likely N-dealkylation sites (tertiary alicyclic amines) is 3. The van der Waals surface area contributed by atoms with Crippen molar-refractivity contribution in [2.75, 3.05) is 39.3 Å². The van der Waals surface area contributed by atoms with Gasteiger partial charge in [0.15, 0.2) is 0 Å². The number of hydrogen-bond donors (Lipinski definition) is 3. The second-order valence-electron chi connectivity index (χ2n) is 16.7. The third-order valence-electron chi connectivity index (χ3n) is 10.5. The number of hydrogen-bond acceptors (Lipinski definition) is 9. The molecule has 4 heterocycles. The predicted molar refractivity (Wildman–Crippen MR) is 197 cm³/mol. The lowest BCUT2D eigenvalue weighted by molar-refractivity contribution is -0.144. The molecule has 3 N–H and O–H groups in total. The summed E-state index contributed by atoms with van der Waals surface area (Å²) in [5, 5.41) is 16.5. The fourth-order valence-electron chi connectivity index (χ4n) is 7.37. The predicted octanol–water partition coefficient (Wildman–Crippen LogP) is 4.34. The minimum atomic E-state index is -0.873. The van der Waals surface area contributed by atoms with E-state index in [0.29, 0.717) is 13.1 Å². The number of aromatic nitrogens is 1. The molecule has 5 rings (SSSR count). The average Bonchev–Trinajstić information content (AvgIpc) is 3.68. The highest BCUT2D eigenvalue weighted by molar-refractivity contribution is 7.13. The van der Waals surface area contributed by atoms with E-state index in [1.54, 1.807) is 16.2 Å². The number of carbonyl (C=O) groups excluding carboxylic acids is 4. The molecule has 4 amide bonds. The van der Waals surface area contributed by atoms with Crippen molar-refractivity contribution in [3.8, 4) is 10.4 Å². The van der Waals surface area contributed by atoms with Gasteiger partial charge in [-0.05, 0) is 88.4 Å². The first-order valence-corrected chi connectivity index (χ1v) is 19.1. The zero-order valence-electron chi connectivity index (χ0n) is 31.3. The highest BCUT2D eigenvalue weighted by Crippen LogP contribution is 2.41. The molecule has 1 aromatic carbocycles. The molecule has 0 bridgehead atoms. The van der Waals surface area contributed by atoms with Crippen LogP contribution in [0, 0.1) is 17.8 Å². The van der Waals surface area contributed by atoms with Gasteiger partial charge in [0.05, 0.1) is 28.7 Å². The van der Waals surface area contributed by atoms with Gasteiger partial charge < -0.3 is 30.3 Å². The van der Waals surface area contributed by atoms with Gasteiger partial charge in [0.1, 0.15) is 17.7 Å². The summed E-state index contributed by atoms with van der Waals surface area (Å²) in [7, 11) is 0. The number of β-amino-alcohol motifs (C(OH)–C–C–N with tert-alkyl or cyclic N) is 1. The maximum Gasteiger partial charge on any atom is 0.410 e. The molecule has 1 spiro atoms. The van der Waals surface area contributed by atoms with Crippen LogP contribution in [0.25, 0.3) is 10.4 Å². The van der Waals surface area contributed by atoms with Crippen LogP contribution in [0.4, 0.5) is 4.79 Å². The molecule has 12 nitrogen and oxygen atoms in total.